The van der Waals surface area contributed by atoms with E-state index in [2.05, 4.69) is 6.92 Å². The van der Waals surface area contributed by atoms with E-state index < -0.39 is 10.8 Å². The molecule has 3 unspecified atom stereocenters. The van der Waals surface area contributed by atoms with E-state index in [4.69, 9.17) is 17.3 Å². The largest absolute Gasteiger partial charge is 0.327 e. The van der Waals surface area contributed by atoms with Crippen molar-refractivity contribution >= 4 is 22.4 Å². The number of nitrogens with two attached hydrogens (primary N) is 1. The molecule has 1 rings (SSSR count). The van der Waals surface area contributed by atoms with Crippen LogP contribution < -0.4 is 5.73 Å². The molecule has 17 heavy (non-hydrogen) atoms. The van der Waals surface area contributed by atoms with E-state index in [1.807, 2.05) is 25.1 Å². The highest BCUT2D eigenvalue weighted by Gasteiger charge is 2.24. The topological polar surface area (TPSA) is 43.1 Å². The van der Waals surface area contributed by atoms with Crippen LogP contribution >= 0.6 is 11.6 Å². The molecule has 0 fully saturated rings. The summed E-state index contributed by atoms with van der Waals surface area (Å²) in [7, 11) is -1.12. The lowest BCUT2D eigenvalue weighted by molar-refractivity contribution is 0.550. The van der Waals surface area contributed by atoms with Crippen LogP contribution in [0.1, 0.15) is 33.1 Å². The Morgan fingerprint density at radius 3 is 2.53 bits per heavy atom. The molecule has 0 aromatic heterocycles. The summed E-state index contributed by atoms with van der Waals surface area (Å²) in [6.45, 7) is 4.11. The number of hydrogen-bond acceptors (Lipinski definition) is 2. The molecular weight excluding hydrogens is 254 g/mol. The molecular formula is C13H20ClNOS. The minimum atomic E-state index is -1.12. The first-order chi connectivity index (χ1) is 8.11. The van der Waals surface area contributed by atoms with Crippen molar-refractivity contribution in [2.24, 2.45) is 5.73 Å². The lowest BCUT2D eigenvalue weighted by Crippen LogP contribution is -2.37. The summed E-state index contributed by atoms with van der Waals surface area (Å²) in [5.74, 6) is 0. The number of halogens is 1. The zero-order chi connectivity index (χ0) is 12.8. The second-order valence-corrected chi connectivity index (χ2v) is 6.17. The van der Waals surface area contributed by atoms with Crippen molar-refractivity contribution in [2.45, 2.75) is 49.3 Å². The van der Waals surface area contributed by atoms with Gasteiger partial charge in [-0.05, 0) is 25.0 Å². The van der Waals surface area contributed by atoms with Gasteiger partial charge in [-0.25, -0.2) is 0 Å². The van der Waals surface area contributed by atoms with Gasteiger partial charge in [-0.15, -0.1) is 0 Å². The van der Waals surface area contributed by atoms with Crippen LogP contribution in [0.5, 0.6) is 0 Å². The lowest BCUT2D eigenvalue weighted by Gasteiger charge is -2.22. The predicted octanol–water partition coefficient (Wildman–Crippen LogP) is 3.35. The van der Waals surface area contributed by atoms with Gasteiger partial charge in [0.15, 0.2) is 0 Å². The Balaban J connectivity index is 2.90. The SMILES string of the molecule is CCCC(N)C(CC)S(=O)c1ccccc1Cl. The number of hydrogen-bond donors (Lipinski definition) is 1. The summed E-state index contributed by atoms with van der Waals surface area (Å²) >= 11 is 6.07. The van der Waals surface area contributed by atoms with Crippen LogP contribution in [-0.2, 0) is 10.8 Å². The van der Waals surface area contributed by atoms with Gasteiger partial charge in [0.1, 0.15) is 0 Å². The first-order valence-electron chi connectivity index (χ1n) is 6.02. The Hall–Kier alpha value is -0.380. The Bertz CT molecular complexity index is 383. The molecule has 3 atom stereocenters. The Morgan fingerprint density at radius 1 is 1.35 bits per heavy atom. The number of benzene rings is 1. The highest BCUT2D eigenvalue weighted by Crippen LogP contribution is 2.24. The Labute approximate surface area is 111 Å². The zero-order valence-electron chi connectivity index (χ0n) is 10.4. The Kier molecular flexibility index (Phi) is 6.17. The quantitative estimate of drug-likeness (QED) is 0.864. The maximum atomic E-state index is 12.5. The van der Waals surface area contributed by atoms with Crippen LogP contribution in [0.15, 0.2) is 29.2 Å². The van der Waals surface area contributed by atoms with Crippen molar-refractivity contribution < 1.29 is 4.21 Å². The third-order valence-electron chi connectivity index (χ3n) is 2.83. The van der Waals surface area contributed by atoms with Crippen LogP contribution in [0.2, 0.25) is 5.02 Å². The van der Waals surface area contributed by atoms with Crippen molar-refractivity contribution in [3.8, 4) is 0 Å². The fourth-order valence-corrected chi connectivity index (χ4v) is 3.82. The Morgan fingerprint density at radius 2 is 2.00 bits per heavy atom. The molecule has 2 N–H and O–H groups in total. The summed E-state index contributed by atoms with van der Waals surface area (Å²) in [6, 6.07) is 7.27. The van der Waals surface area contributed by atoms with Crippen molar-refractivity contribution in [3.05, 3.63) is 29.3 Å². The van der Waals surface area contributed by atoms with Crippen LogP contribution in [0.25, 0.3) is 0 Å². The molecule has 0 amide bonds. The molecule has 0 radical (unpaired) electrons. The van der Waals surface area contributed by atoms with Crippen molar-refractivity contribution in [3.63, 3.8) is 0 Å². The van der Waals surface area contributed by atoms with E-state index >= 15 is 0 Å². The number of rotatable bonds is 6. The molecule has 4 heteroatoms. The van der Waals surface area contributed by atoms with Crippen LogP contribution in [0.4, 0.5) is 0 Å². The highest BCUT2D eigenvalue weighted by atomic mass is 35.5. The molecule has 0 bridgehead atoms. The van der Waals surface area contributed by atoms with E-state index in [0.29, 0.717) is 9.92 Å². The third-order valence-corrected chi connectivity index (χ3v) is 5.29. The van der Waals surface area contributed by atoms with Gasteiger partial charge in [0.05, 0.1) is 26.0 Å². The molecule has 0 heterocycles. The predicted molar refractivity (Wildman–Crippen MR) is 74.8 cm³/mol. The van der Waals surface area contributed by atoms with Gasteiger partial charge >= 0.3 is 0 Å². The van der Waals surface area contributed by atoms with Gasteiger partial charge in [-0.1, -0.05) is 44.0 Å². The highest BCUT2D eigenvalue weighted by molar-refractivity contribution is 7.85. The average molecular weight is 274 g/mol. The van der Waals surface area contributed by atoms with Crippen LogP contribution in [0.3, 0.4) is 0 Å². The second-order valence-electron chi connectivity index (χ2n) is 4.13. The molecule has 0 saturated heterocycles. The minimum absolute atomic E-state index is 0.0187. The maximum absolute atomic E-state index is 12.5. The maximum Gasteiger partial charge on any atom is 0.0591 e. The van der Waals surface area contributed by atoms with E-state index in [0.717, 1.165) is 19.3 Å². The van der Waals surface area contributed by atoms with Crippen LogP contribution in [-0.4, -0.2) is 15.5 Å². The summed E-state index contributed by atoms with van der Waals surface area (Å²) < 4.78 is 12.5. The summed E-state index contributed by atoms with van der Waals surface area (Å²) in [5, 5.41) is 0.544. The van der Waals surface area contributed by atoms with Gasteiger partial charge in [-0.2, -0.15) is 0 Å². The van der Waals surface area contributed by atoms with Gasteiger partial charge in [0.25, 0.3) is 0 Å². The molecule has 0 spiro atoms. The molecule has 96 valence electrons. The minimum Gasteiger partial charge on any atom is -0.327 e. The van der Waals surface area contributed by atoms with E-state index in [-0.39, 0.29) is 11.3 Å². The van der Waals surface area contributed by atoms with Crippen molar-refractivity contribution in [2.75, 3.05) is 0 Å². The standard InChI is InChI=1S/C13H20ClNOS/c1-3-7-11(15)12(4-2)17(16)13-9-6-5-8-10(13)14/h5-6,8-9,11-12H,3-4,7,15H2,1-2H3. The zero-order valence-corrected chi connectivity index (χ0v) is 11.9. The van der Waals surface area contributed by atoms with E-state index in [1.54, 1.807) is 6.07 Å². The van der Waals surface area contributed by atoms with Gasteiger partial charge in [-0.3, -0.25) is 4.21 Å². The molecule has 0 saturated carbocycles. The van der Waals surface area contributed by atoms with Gasteiger partial charge in [0.2, 0.25) is 0 Å². The second kappa shape index (κ2) is 7.14. The molecule has 0 aliphatic heterocycles. The fourth-order valence-electron chi connectivity index (χ4n) is 1.90. The first-order valence-corrected chi connectivity index (χ1v) is 7.61. The fraction of sp³-hybridized carbons (Fsp3) is 0.538. The summed E-state index contributed by atoms with van der Waals surface area (Å²) in [5.41, 5.74) is 6.09. The lowest BCUT2D eigenvalue weighted by atomic mass is 10.1. The first kappa shape index (κ1) is 14.7. The van der Waals surface area contributed by atoms with Crippen molar-refractivity contribution in [1.82, 2.24) is 0 Å². The monoisotopic (exact) mass is 273 g/mol. The summed E-state index contributed by atoms with van der Waals surface area (Å²) in [6.07, 6.45) is 2.71. The van der Waals surface area contributed by atoms with Gasteiger partial charge in [0, 0.05) is 6.04 Å². The molecule has 1 aromatic rings. The molecule has 2 nitrogen and oxygen atoms in total. The average Bonchev–Trinajstić information content (AvgIpc) is 2.30. The van der Waals surface area contributed by atoms with Crippen molar-refractivity contribution in [1.29, 1.82) is 0 Å². The third kappa shape index (κ3) is 3.80. The molecule has 1 aromatic carbocycles. The normalized spacial score (nSPS) is 16.5. The van der Waals surface area contributed by atoms with E-state index in [1.165, 1.54) is 0 Å². The van der Waals surface area contributed by atoms with Crippen LogP contribution in [0, 0.1) is 0 Å². The molecule has 0 aliphatic rings. The summed E-state index contributed by atoms with van der Waals surface area (Å²) in [4.78, 5) is 0.701. The molecule has 0 aliphatic carbocycles. The smallest absolute Gasteiger partial charge is 0.0591 e. The van der Waals surface area contributed by atoms with Gasteiger partial charge < -0.3 is 5.73 Å². The van der Waals surface area contributed by atoms with E-state index in [9.17, 15) is 4.21 Å².